The minimum Gasteiger partial charge on any atom is -0.313 e. The first kappa shape index (κ1) is 15.9. The van der Waals surface area contributed by atoms with Crippen LogP contribution in [0.15, 0.2) is 57.3 Å². The van der Waals surface area contributed by atoms with Gasteiger partial charge in [0.2, 0.25) is 0 Å². The van der Waals surface area contributed by atoms with Gasteiger partial charge in [-0.15, -0.1) is 11.3 Å². The number of halogens is 1. The van der Waals surface area contributed by atoms with Gasteiger partial charge in [0, 0.05) is 21.5 Å². The molecule has 1 aliphatic rings. The number of thiazole rings is 1. The van der Waals surface area contributed by atoms with Crippen molar-refractivity contribution in [3.05, 3.63) is 68.2 Å². The van der Waals surface area contributed by atoms with Crippen molar-refractivity contribution < 1.29 is 0 Å². The predicted molar refractivity (Wildman–Crippen MR) is 105 cm³/mol. The van der Waals surface area contributed by atoms with E-state index in [1.165, 1.54) is 35.2 Å². The third-order valence-corrected chi connectivity index (χ3v) is 5.90. The summed E-state index contributed by atoms with van der Waals surface area (Å²) in [6.07, 6.45) is 2.49. The van der Waals surface area contributed by atoms with Gasteiger partial charge in [0.25, 0.3) is 0 Å². The molecule has 0 N–H and O–H groups in total. The first-order chi connectivity index (χ1) is 11.6. The molecular formula is C20H19BrN2S. The molecule has 0 spiro atoms. The molecule has 1 saturated carbocycles. The Labute approximate surface area is 154 Å². The second-order valence-electron chi connectivity index (χ2n) is 6.39. The van der Waals surface area contributed by atoms with Gasteiger partial charge in [-0.1, -0.05) is 51.8 Å². The Hall–Kier alpha value is -1.65. The minimum absolute atomic E-state index is 0.586. The molecule has 2 aromatic carbocycles. The SMILES string of the molecule is Cc1ccc(N=c2scc(-c3ccccc3Br)n2C2CC2)c(C)c1. The summed E-state index contributed by atoms with van der Waals surface area (Å²) in [5.41, 5.74) is 6.08. The predicted octanol–water partition coefficient (Wildman–Crippen LogP) is 6.16. The van der Waals surface area contributed by atoms with Crippen LogP contribution in [0.4, 0.5) is 5.69 Å². The lowest BCUT2D eigenvalue weighted by Gasteiger charge is -2.09. The number of hydrogen-bond acceptors (Lipinski definition) is 2. The van der Waals surface area contributed by atoms with Gasteiger partial charge in [-0.3, -0.25) is 0 Å². The van der Waals surface area contributed by atoms with Crippen molar-refractivity contribution in [1.82, 2.24) is 4.57 Å². The molecule has 0 atom stereocenters. The topological polar surface area (TPSA) is 17.3 Å². The van der Waals surface area contributed by atoms with Crippen molar-refractivity contribution in [2.45, 2.75) is 32.7 Å². The van der Waals surface area contributed by atoms with E-state index < -0.39 is 0 Å². The van der Waals surface area contributed by atoms with Crippen LogP contribution < -0.4 is 4.80 Å². The fraction of sp³-hybridized carbons (Fsp3) is 0.250. The standard InChI is InChI=1S/C20H19BrN2S/c1-13-7-10-18(14(2)11-13)22-20-23(15-8-9-15)19(12-24-20)16-5-3-4-6-17(16)21/h3-7,10-12,15H,8-9H2,1-2H3. The Bertz CT molecular complexity index is 964. The Morgan fingerprint density at radius 1 is 1.12 bits per heavy atom. The van der Waals surface area contributed by atoms with Crippen molar-refractivity contribution in [3.8, 4) is 11.3 Å². The average Bonchev–Trinajstić information content (AvgIpc) is 3.31. The van der Waals surface area contributed by atoms with Crippen LogP contribution in [0, 0.1) is 13.8 Å². The third-order valence-electron chi connectivity index (χ3n) is 4.37. The van der Waals surface area contributed by atoms with E-state index in [-0.39, 0.29) is 0 Å². The van der Waals surface area contributed by atoms with Crippen LogP contribution in [-0.2, 0) is 0 Å². The van der Waals surface area contributed by atoms with Crippen LogP contribution in [0.1, 0.15) is 30.0 Å². The molecular weight excluding hydrogens is 380 g/mol. The maximum absolute atomic E-state index is 4.98. The molecule has 122 valence electrons. The monoisotopic (exact) mass is 398 g/mol. The number of aryl methyl sites for hydroxylation is 2. The van der Waals surface area contributed by atoms with Crippen molar-refractivity contribution in [2.24, 2.45) is 4.99 Å². The zero-order chi connectivity index (χ0) is 16.7. The van der Waals surface area contributed by atoms with Crippen LogP contribution in [-0.4, -0.2) is 4.57 Å². The van der Waals surface area contributed by atoms with Gasteiger partial charge in [0.15, 0.2) is 4.80 Å². The smallest absolute Gasteiger partial charge is 0.190 e. The summed E-state index contributed by atoms with van der Waals surface area (Å²) >= 11 is 5.42. The summed E-state index contributed by atoms with van der Waals surface area (Å²) in [6, 6.07) is 15.5. The summed E-state index contributed by atoms with van der Waals surface area (Å²) < 4.78 is 3.56. The zero-order valence-electron chi connectivity index (χ0n) is 13.8. The Balaban J connectivity index is 1.89. The highest BCUT2D eigenvalue weighted by Gasteiger charge is 2.27. The van der Waals surface area contributed by atoms with Crippen LogP contribution in [0.25, 0.3) is 11.3 Å². The van der Waals surface area contributed by atoms with E-state index in [1.54, 1.807) is 11.3 Å². The molecule has 0 bridgehead atoms. The maximum Gasteiger partial charge on any atom is 0.190 e. The number of rotatable bonds is 3. The van der Waals surface area contributed by atoms with E-state index in [1.807, 2.05) is 0 Å². The van der Waals surface area contributed by atoms with E-state index in [0.717, 1.165) is 15.0 Å². The van der Waals surface area contributed by atoms with Crippen LogP contribution in [0.3, 0.4) is 0 Å². The summed E-state index contributed by atoms with van der Waals surface area (Å²) in [6.45, 7) is 4.26. The third kappa shape index (κ3) is 3.01. The lowest BCUT2D eigenvalue weighted by atomic mass is 10.1. The van der Waals surface area contributed by atoms with Gasteiger partial charge in [-0.2, -0.15) is 0 Å². The van der Waals surface area contributed by atoms with Crippen molar-refractivity contribution in [2.75, 3.05) is 0 Å². The summed E-state index contributed by atoms with van der Waals surface area (Å²) in [4.78, 5) is 6.08. The van der Waals surface area contributed by atoms with E-state index in [9.17, 15) is 0 Å². The van der Waals surface area contributed by atoms with E-state index >= 15 is 0 Å². The van der Waals surface area contributed by atoms with Gasteiger partial charge >= 0.3 is 0 Å². The van der Waals surface area contributed by atoms with E-state index in [0.29, 0.717) is 6.04 Å². The largest absolute Gasteiger partial charge is 0.313 e. The molecule has 0 unspecified atom stereocenters. The molecule has 0 aliphatic heterocycles. The minimum atomic E-state index is 0.586. The van der Waals surface area contributed by atoms with Gasteiger partial charge in [-0.05, 0) is 44.4 Å². The number of benzene rings is 2. The fourth-order valence-corrected chi connectivity index (χ4v) is 4.44. The Morgan fingerprint density at radius 2 is 1.92 bits per heavy atom. The summed E-state index contributed by atoms with van der Waals surface area (Å²) in [7, 11) is 0. The molecule has 3 aromatic rings. The van der Waals surface area contributed by atoms with Crippen molar-refractivity contribution in [3.63, 3.8) is 0 Å². The molecule has 24 heavy (non-hydrogen) atoms. The molecule has 2 nitrogen and oxygen atoms in total. The highest BCUT2D eigenvalue weighted by molar-refractivity contribution is 9.10. The zero-order valence-corrected chi connectivity index (χ0v) is 16.2. The first-order valence-corrected chi connectivity index (χ1v) is 9.87. The highest BCUT2D eigenvalue weighted by atomic mass is 79.9. The lowest BCUT2D eigenvalue weighted by molar-refractivity contribution is 0.724. The quantitative estimate of drug-likeness (QED) is 0.502. The number of aromatic nitrogens is 1. The second-order valence-corrected chi connectivity index (χ2v) is 8.08. The van der Waals surface area contributed by atoms with E-state index in [2.05, 4.69) is 82.2 Å². The van der Waals surface area contributed by atoms with Gasteiger partial charge in [-0.25, -0.2) is 4.99 Å². The fourth-order valence-electron chi connectivity index (χ4n) is 2.99. The van der Waals surface area contributed by atoms with Crippen LogP contribution in [0.5, 0.6) is 0 Å². The van der Waals surface area contributed by atoms with E-state index in [4.69, 9.17) is 4.99 Å². The molecule has 0 amide bonds. The molecule has 1 aliphatic carbocycles. The second kappa shape index (κ2) is 6.34. The molecule has 4 heteroatoms. The summed E-state index contributed by atoms with van der Waals surface area (Å²) in [5.74, 6) is 0. The molecule has 1 aromatic heterocycles. The van der Waals surface area contributed by atoms with Crippen LogP contribution in [0.2, 0.25) is 0 Å². The Morgan fingerprint density at radius 3 is 2.62 bits per heavy atom. The van der Waals surface area contributed by atoms with Crippen LogP contribution >= 0.6 is 27.3 Å². The molecule has 1 heterocycles. The lowest BCUT2D eigenvalue weighted by Crippen LogP contribution is -2.14. The molecule has 1 fully saturated rings. The normalized spacial score (nSPS) is 15.0. The Kier molecular flexibility index (Phi) is 4.19. The number of hydrogen-bond donors (Lipinski definition) is 0. The summed E-state index contributed by atoms with van der Waals surface area (Å²) in [5, 5.41) is 2.24. The molecule has 4 rings (SSSR count). The number of nitrogens with zero attached hydrogens (tertiary/aromatic N) is 2. The maximum atomic E-state index is 4.98. The molecule has 0 saturated heterocycles. The highest BCUT2D eigenvalue weighted by Crippen LogP contribution is 2.39. The van der Waals surface area contributed by atoms with Crippen molar-refractivity contribution >= 4 is 33.0 Å². The molecule has 0 radical (unpaired) electrons. The first-order valence-electron chi connectivity index (χ1n) is 8.20. The average molecular weight is 399 g/mol. The van der Waals surface area contributed by atoms with Gasteiger partial charge < -0.3 is 4.57 Å². The van der Waals surface area contributed by atoms with Gasteiger partial charge in [0.05, 0.1) is 11.4 Å². The van der Waals surface area contributed by atoms with Crippen molar-refractivity contribution in [1.29, 1.82) is 0 Å². The van der Waals surface area contributed by atoms with Gasteiger partial charge in [0.1, 0.15) is 0 Å².